The third-order valence-corrected chi connectivity index (χ3v) is 7.43. The molecule has 0 saturated heterocycles. The topological polar surface area (TPSA) is 118 Å². The monoisotopic (exact) mass is 489 g/mol. The van der Waals surface area contributed by atoms with Gasteiger partial charge in [0.15, 0.2) is 11.5 Å². The number of sulfonamides is 1. The number of carbonyl (C=O) groups is 1. The maximum absolute atomic E-state index is 12.6. The quantitative estimate of drug-likeness (QED) is 0.487. The van der Waals surface area contributed by atoms with Gasteiger partial charge in [0, 0.05) is 19.5 Å². The molecular weight excluding hydrogens is 458 g/mol. The Morgan fingerprint density at radius 2 is 1.59 bits per heavy atom. The Morgan fingerprint density at radius 3 is 2.03 bits per heavy atom. The van der Waals surface area contributed by atoms with E-state index in [2.05, 4.69) is 11.4 Å². The lowest BCUT2D eigenvalue weighted by atomic mass is 10.1. The number of nitrogens with zero attached hydrogens (tertiary/aromatic N) is 2. The van der Waals surface area contributed by atoms with Crippen LogP contribution in [0, 0.1) is 11.3 Å². The first-order valence-corrected chi connectivity index (χ1v) is 12.3. The number of hydrogen-bond donors (Lipinski definition) is 1. The Morgan fingerprint density at radius 1 is 1.03 bits per heavy atom. The van der Waals surface area contributed by atoms with Gasteiger partial charge in [-0.25, -0.2) is 8.42 Å². The van der Waals surface area contributed by atoms with Crippen molar-refractivity contribution in [2.45, 2.75) is 37.6 Å². The van der Waals surface area contributed by atoms with Gasteiger partial charge in [-0.2, -0.15) is 9.57 Å². The van der Waals surface area contributed by atoms with E-state index in [1.54, 1.807) is 50.2 Å². The van der Waals surface area contributed by atoms with Crippen molar-refractivity contribution in [2.24, 2.45) is 0 Å². The van der Waals surface area contributed by atoms with Gasteiger partial charge in [-0.3, -0.25) is 4.79 Å². The second kappa shape index (κ2) is 12.3. The number of hydrogen-bond acceptors (Lipinski definition) is 7. The SMILES string of the molecule is CCN(CC)S(=O)(=O)c1ccc(CCC(=O)NC(C#N)c2cc(OC)c(OC)c(OC)c2)cc1. The predicted molar refractivity (Wildman–Crippen MR) is 127 cm³/mol. The number of nitrogens with one attached hydrogen (secondary N) is 1. The molecule has 2 aromatic rings. The number of aryl methyl sites for hydroxylation is 1. The first-order valence-electron chi connectivity index (χ1n) is 10.8. The van der Waals surface area contributed by atoms with Crippen molar-refractivity contribution in [3.63, 3.8) is 0 Å². The van der Waals surface area contributed by atoms with Crippen molar-refractivity contribution < 1.29 is 27.4 Å². The van der Waals surface area contributed by atoms with Crippen molar-refractivity contribution in [3.05, 3.63) is 47.5 Å². The van der Waals surface area contributed by atoms with Gasteiger partial charge in [-0.05, 0) is 41.8 Å². The molecule has 0 aliphatic rings. The molecule has 1 atom stereocenters. The maximum Gasteiger partial charge on any atom is 0.243 e. The summed E-state index contributed by atoms with van der Waals surface area (Å²) in [6.07, 6.45) is 0.523. The van der Waals surface area contributed by atoms with E-state index in [4.69, 9.17) is 14.2 Å². The molecule has 1 amide bonds. The Balaban J connectivity index is 2.08. The standard InChI is InChI=1S/C24H31N3O6S/c1-6-27(7-2)34(29,30)19-11-8-17(9-12-19)10-13-23(28)26-20(16-25)18-14-21(31-3)24(33-5)22(15-18)32-4/h8-9,11-12,14-15,20H,6-7,10,13H2,1-5H3,(H,26,28). The van der Waals surface area contributed by atoms with Crippen LogP contribution in [0.5, 0.6) is 17.2 Å². The zero-order valence-corrected chi connectivity index (χ0v) is 20.9. The second-order valence-electron chi connectivity index (χ2n) is 7.32. The van der Waals surface area contributed by atoms with Crippen LogP contribution < -0.4 is 19.5 Å². The number of rotatable bonds is 12. The lowest BCUT2D eigenvalue weighted by Gasteiger charge is -2.18. The summed E-state index contributed by atoms with van der Waals surface area (Å²) in [6, 6.07) is 10.9. The summed E-state index contributed by atoms with van der Waals surface area (Å²) in [5.74, 6) is 0.834. The van der Waals surface area contributed by atoms with Crippen molar-refractivity contribution >= 4 is 15.9 Å². The van der Waals surface area contributed by atoms with Gasteiger partial charge in [0.05, 0.1) is 32.3 Å². The molecule has 0 spiro atoms. The van der Waals surface area contributed by atoms with Crippen molar-refractivity contribution in [3.8, 4) is 23.3 Å². The average molecular weight is 490 g/mol. The maximum atomic E-state index is 12.6. The highest BCUT2D eigenvalue weighted by molar-refractivity contribution is 7.89. The molecule has 0 saturated carbocycles. The van der Waals surface area contributed by atoms with Gasteiger partial charge in [0.2, 0.25) is 21.7 Å². The van der Waals surface area contributed by atoms with Gasteiger partial charge >= 0.3 is 0 Å². The van der Waals surface area contributed by atoms with Gasteiger partial charge in [0.1, 0.15) is 6.04 Å². The average Bonchev–Trinajstić information content (AvgIpc) is 2.85. The molecule has 0 aromatic heterocycles. The molecule has 10 heteroatoms. The number of nitriles is 1. The van der Waals surface area contributed by atoms with Crippen LogP contribution in [0.1, 0.15) is 37.4 Å². The molecule has 1 N–H and O–H groups in total. The summed E-state index contributed by atoms with van der Waals surface area (Å²) in [5.41, 5.74) is 1.31. The largest absolute Gasteiger partial charge is 0.493 e. The zero-order chi connectivity index (χ0) is 25.3. The number of amides is 1. The molecule has 0 heterocycles. The smallest absolute Gasteiger partial charge is 0.243 e. The molecule has 0 radical (unpaired) electrons. The molecule has 0 aliphatic heterocycles. The van der Waals surface area contributed by atoms with Crippen LogP contribution in [0.15, 0.2) is 41.3 Å². The van der Waals surface area contributed by atoms with Gasteiger partial charge in [-0.15, -0.1) is 0 Å². The van der Waals surface area contributed by atoms with Gasteiger partial charge in [0.25, 0.3) is 0 Å². The lowest BCUT2D eigenvalue weighted by Crippen LogP contribution is -2.30. The summed E-state index contributed by atoms with van der Waals surface area (Å²) in [6.45, 7) is 4.38. The summed E-state index contributed by atoms with van der Waals surface area (Å²) < 4.78 is 42.5. The van der Waals surface area contributed by atoms with Crippen LogP contribution in [-0.2, 0) is 21.2 Å². The van der Waals surface area contributed by atoms with Crippen LogP contribution in [0.3, 0.4) is 0 Å². The Bertz CT molecular complexity index is 1100. The summed E-state index contributed by atoms with van der Waals surface area (Å²) in [4.78, 5) is 12.8. The van der Waals surface area contributed by atoms with Gasteiger partial charge in [-0.1, -0.05) is 26.0 Å². The molecule has 1 unspecified atom stereocenters. The third-order valence-electron chi connectivity index (χ3n) is 5.36. The van der Waals surface area contributed by atoms with E-state index >= 15 is 0 Å². The molecule has 9 nitrogen and oxygen atoms in total. The van der Waals surface area contributed by atoms with E-state index in [1.807, 2.05) is 0 Å². The zero-order valence-electron chi connectivity index (χ0n) is 20.1. The number of methoxy groups -OCH3 is 3. The summed E-state index contributed by atoms with van der Waals surface area (Å²) in [5, 5.41) is 12.3. The first kappa shape index (κ1) is 27.0. The molecule has 2 aromatic carbocycles. The van der Waals surface area contributed by atoms with Gasteiger partial charge < -0.3 is 19.5 Å². The minimum Gasteiger partial charge on any atom is -0.493 e. The number of benzene rings is 2. The molecule has 0 aliphatic carbocycles. The van der Waals surface area contributed by atoms with Crippen LogP contribution >= 0.6 is 0 Å². The minimum absolute atomic E-state index is 0.130. The minimum atomic E-state index is -3.53. The lowest BCUT2D eigenvalue weighted by molar-refractivity contribution is -0.121. The van der Waals surface area contributed by atoms with Crippen molar-refractivity contribution in [1.29, 1.82) is 5.26 Å². The fourth-order valence-corrected chi connectivity index (χ4v) is 4.95. The van der Waals surface area contributed by atoms with E-state index in [-0.39, 0.29) is 17.2 Å². The van der Waals surface area contributed by atoms with Crippen molar-refractivity contribution in [1.82, 2.24) is 9.62 Å². The van der Waals surface area contributed by atoms with E-state index < -0.39 is 16.1 Å². The van der Waals surface area contributed by atoms with E-state index in [0.717, 1.165) is 5.56 Å². The number of ether oxygens (including phenoxy) is 3. The van der Waals surface area contributed by atoms with E-state index in [1.165, 1.54) is 25.6 Å². The van der Waals surface area contributed by atoms with E-state index in [9.17, 15) is 18.5 Å². The Hall–Kier alpha value is -3.29. The highest BCUT2D eigenvalue weighted by Gasteiger charge is 2.22. The van der Waals surface area contributed by atoms with E-state index in [0.29, 0.717) is 42.3 Å². The fourth-order valence-electron chi connectivity index (χ4n) is 3.49. The third kappa shape index (κ3) is 6.18. The van der Waals surface area contributed by atoms with Crippen LogP contribution in [0.2, 0.25) is 0 Å². The van der Waals surface area contributed by atoms with Crippen LogP contribution in [-0.4, -0.2) is 53.0 Å². The summed E-state index contributed by atoms with van der Waals surface area (Å²) in [7, 11) is 0.898. The second-order valence-corrected chi connectivity index (χ2v) is 9.26. The highest BCUT2D eigenvalue weighted by Crippen LogP contribution is 2.39. The molecular formula is C24H31N3O6S. The molecule has 2 rings (SSSR count). The highest BCUT2D eigenvalue weighted by atomic mass is 32.2. The number of carbonyl (C=O) groups excluding carboxylic acids is 1. The molecule has 0 fully saturated rings. The Labute approximate surface area is 201 Å². The first-order chi connectivity index (χ1) is 16.2. The summed E-state index contributed by atoms with van der Waals surface area (Å²) >= 11 is 0. The molecule has 0 bridgehead atoms. The van der Waals surface area contributed by atoms with Crippen LogP contribution in [0.25, 0.3) is 0 Å². The van der Waals surface area contributed by atoms with Crippen LogP contribution in [0.4, 0.5) is 0 Å². The normalized spacial score (nSPS) is 12.0. The predicted octanol–water partition coefficient (Wildman–Crippen LogP) is 3.06. The molecule has 34 heavy (non-hydrogen) atoms. The Kier molecular flexibility index (Phi) is 9.71. The fraction of sp³-hybridized carbons (Fsp3) is 0.417. The molecule has 184 valence electrons. The van der Waals surface area contributed by atoms with Crippen molar-refractivity contribution in [2.75, 3.05) is 34.4 Å².